The maximum Gasteiger partial charge on any atom is 0.217 e. The first kappa shape index (κ1) is 58.1. The van der Waals surface area contributed by atoms with E-state index in [0.717, 1.165) is 6.92 Å². The molecule has 31 heteroatoms. The van der Waals surface area contributed by atoms with Gasteiger partial charge in [0.1, 0.15) is 134 Å². The molecule has 0 aromatic carbocycles. The summed E-state index contributed by atoms with van der Waals surface area (Å²) in [5.74, 6) is -1.35. The number of aliphatic hydroxyl groups excluding tert-OH is 16. The van der Waals surface area contributed by atoms with Crippen LogP contribution in [0.25, 0.3) is 0 Å². The minimum Gasteiger partial charge on any atom is -0.394 e. The van der Waals surface area contributed by atoms with Gasteiger partial charge in [-0.05, 0) is 6.92 Å². The lowest BCUT2D eigenvalue weighted by molar-refractivity contribution is -0.364. The highest BCUT2D eigenvalue weighted by Crippen LogP contribution is 2.34. The Balaban J connectivity index is 1.13. The van der Waals surface area contributed by atoms with Gasteiger partial charge in [0.05, 0.1) is 51.8 Å². The molecule has 0 unspecified atom stereocenters. The van der Waals surface area contributed by atoms with Crippen LogP contribution < -0.4 is 10.6 Å². The second-order valence-corrected chi connectivity index (χ2v) is 18.2. The van der Waals surface area contributed by atoms with Crippen molar-refractivity contribution in [2.75, 3.05) is 39.6 Å². The standard InChI is InChI=1S/C40H68N2O29/c1-10-20(47)26(53)30(57)37(65-10)64-9-18-35(21(48)13(6-61-18)41-11(2)45)70-36-19(42-12(3)46)25(52)34(15(5-44)67-36)71-40-33(60)29(56)24(51)17(69-40)8-63-39-32(59)28(55)23(50)16(68-39)7-62-38-31(58)27(54)22(49)14(4-43)66-38/h10,13-40,43-44,47-60H,4-9H2,1-3H3,(H,41,45)(H,42,46)/t10-,13-,14+,15+,16+,17+,18+,19+,20+,21+,22+,23+,24+,25+,26+,27-,28-,29-,30-,31-,32-,33-,34+,35+,36-,37+,38-,39-,40-/m0/s1. The van der Waals surface area contributed by atoms with E-state index in [-0.39, 0.29) is 6.61 Å². The van der Waals surface area contributed by atoms with Gasteiger partial charge < -0.3 is 144 Å². The maximum absolute atomic E-state index is 12.6. The predicted molar refractivity (Wildman–Crippen MR) is 220 cm³/mol. The molecule has 29 atom stereocenters. The van der Waals surface area contributed by atoms with Gasteiger partial charge in [-0.15, -0.1) is 0 Å². The van der Waals surface area contributed by atoms with Gasteiger partial charge in [-0.3, -0.25) is 9.59 Å². The minimum atomic E-state index is -2.10. The van der Waals surface area contributed by atoms with Gasteiger partial charge in [0.25, 0.3) is 0 Å². The smallest absolute Gasteiger partial charge is 0.217 e. The molecule has 0 aromatic rings. The van der Waals surface area contributed by atoms with Crippen molar-refractivity contribution in [3.8, 4) is 0 Å². The van der Waals surface area contributed by atoms with Crippen LogP contribution in [0.15, 0.2) is 0 Å². The molecule has 6 saturated heterocycles. The van der Waals surface area contributed by atoms with E-state index in [9.17, 15) is 91.3 Å². The number of hydrogen-bond donors (Lipinski definition) is 18. The van der Waals surface area contributed by atoms with Gasteiger partial charge >= 0.3 is 0 Å². The molecule has 0 aliphatic carbocycles. The van der Waals surface area contributed by atoms with Crippen LogP contribution in [0.5, 0.6) is 0 Å². The lowest BCUT2D eigenvalue weighted by atomic mass is 9.94. The highest BCUT2D eigenvalue weighted by Gasteiger charge is 2.55. The fraction of sp³-hybridized carbons (Fsp3) is 0.950. The Bertz CT molecular complexity index is 1700. The first-order valence-electron chi connectivity index (χ1n) is 22.8. The van der Waals surface area contributed by atoms with Crippen molar-refractivity contribution < 1.29 is 143 Å². The Morgan fingerprint density at radius 2 is 0.831 bits per heavy atom. The molecule has 31 nitrogen and oxygen atoms in total. The molecule has 0 radical (unpaired) electrons. The van der Waals surface area contributed by atoms with Crippen LogP contribution in [0.2, 0.25) is 0 Å². The second kappa shape index (κ2) is 25.1. The summed E-state index contributed by atoms with van der Waals surface area (Å²) in [7, 11) is 0. The molecule has 6 aliphatic rings. The Hall–Kier alpha value is -2.14. The fourth-order valence-corrected chi connectivity index (χ4v) is 8.90. The number of carbonyl (C=O) groups is 2. The van der Waals surface area contributed by atoms with Crippen molar-refractivity contribution in [3.63, 3.8) is 0 Å². The first-order chi connectivity index (χ1) is 33.5. The molecule has 412 valence electrons. The largest absolute Gasteiger partial charge is 0.394 e. The van der Waals surface area contributed by atoms with Crippen LogP contribution in [0, 0.1) is 0 Å². The van der Waals surface area contributed by atoms with Gasteiger partial charge in [-0.1, -0.05) is 0 Å². The topological polar surface area (TPSA) is 483 Å². The van der Waals surface area contributed by atoms with E-state index in [4.69, 9.17) is 52.1 Å². The predicted octanol–water partition coefficient (Wildman–Crippen LogP) is -12.1. The highest BCUT2D eigenvalue weighted by molar-refractivity contribution is 5.73. The molecule has 18 N–H and O–H groups in total. The van der Waals surface area contributed by atoms with Crippen LogP contribution in [0.1, 0.15) is 20.8 Å². The van der Waals surface area contributed by atoms with Gasteiger partial charge in [0.15, 0.2) is 31.5 Å². The molecule has 0 bridgehead atoms. The van der Waals surface area contributed by atoms with Gasteiger partial charge in [0, 0.05) is 13.8 Å². The number of ether oxygens (including phenoxy) is 11. The number of amides is 2. The first-order valence-corrected chi connectivity index (χ1v) is 22.8. The Morgan fingerprint density at radius 1 is 0.437 bits per heavy atom. The molecule has 6 aliphatic heterocycles. The zero-order valence-electron chi connectivity index (χ0n) is 38.4. The van der Waals surface area contributed by atoms with Crippen molar-refractivity contribution in [1.82, 2.24) is 10.6 Å². The van der Waals surface area contributed by atoms with E-state index in [1.807, 2.05) is 0 Å². The molecular weight excluding hydrogens is 972 g/mol. The third-order valence-electron chi connectivity index (χ3n) is 13.1. The van der Waals surface area contributed by atoms with Crippen molar-refractivity contribution >= 4 is 11.8 Å². The zero-order chi connectivity index (χ0) is 52.3. The quantitative estimate of drug-likeness (QED) is 0.0643. The molecule has 0 spiro atoms. The molecule has 6 rings (SSSR count). The minimum absolute atomic E-state index is 0.307. The van der Waals surface area contributed by atoms with Crippen molar-refractivity contribution in [2.45, 2.75) is 199 Å². The summed E-state index contributed by atoms with van der Waals surface area (Å²) in [5.41, 5.74) is 0. The number of nitrogens with one attached hydrogen (secondary N) is 2. The van der Waals surface area contributed by atoms with Crippen molar-refractivity contribution in [1.29, 1.82) is 0 Å². The average Bonchev–Trinajstić information content (AvgIpc) is 3.33. The van der Waals surface area contributed by atoms with E-state index in [0.29, 0.717) is 0 Å². The summed E-state index contributed by atoms with van der Waals surface area (Å²) in [5, 5.41) is 174. The Labute approximate surface area is 403 Å². The molecule has 2 amide bonds. The molecule has 6 fully saturated rings. The monoisotopic (exact) mass is 1040 g/mol. The Kier molecular flexibility index (Phi) is 20.6. The number of hydrogen-bond acceptors (Lipinski definition) is 29. The van der Waals surface area contributed by atoms with Crippen molar-refractivity contribution in [3.05, 3.63) is 0 Å². The average molecular weight is 1040 g/mol. The molecule has 6 heterocycles. The molecule has 0 saturated carbocycles. The lowest BCUT2D eigenvalue weighted by Gasteiger charge is -2.49. The molecular formula is C40H68N2O29. The van der Waals surface area contributed by atoms with E-state index in [1.165, 1.54) is 13.8 Å². The lowest BCUT2D eigenvalue weighted by Crippen LogP contribution is -2.69. The van der Waals surface area contributed by atoms with Gasteiger partial charge in [-0.2, -0.15) is 0 Å². The number of aliphatic hydroxyl groups is 16. The van der Waals surface area contributed by atoms with Gasteiger partial charge in [0.2, 0.25) is 11.8 Å². The second-order valence-electron chi connectivity index (χ2n) is 18.2. The van der Waals surface area contributed by atoms with Crippen LogP contribution in [0.4, 0.5) is 0 Å². The molecule has 71 heavy (non-hydrogen) atoms. The maximum atomic E-state index is 12.6. The molecule has 0 aromatic heterocycles. The van der Waals surface area contributed by atoms with Crippen LogP contribution >= 0.6 is 0 Å². The third-order valence-corrected chi connectivity index (χ3v) is 13.1. The third kappa shape index (κ3) is 13.1. The summed E-state index contributed by atoms with van der Waals surface area (Å²) in [6.45, 7) is -0.488. The summed E-state index contributed by atoms with van der Waals surface area (Å²) >= 11 is 0. The van der Waals surface area contributed by atoms with Crippen LogP contribution in [-0.2, 0) is 61.7 Å². The summed E-state index contributed by atoms with van der Waals surface area (Å²) in [4.78, 5) is 24.6. The summed E-state index contributed by atoms with van der Waals surface area (Å²) in [6.07, 6.45) is -46.5. The van der Waals surface area contributed by atoms with Crippen molar-refractivity contribution in [2.24, 2.45) is 0 Å². The van der Waals surface area contributed by atoms with E-state index in [1.54, 1.807) is 0 Å². The van der Waals surface area contributed by atoms with E-state index >= 15 is 0 Å². The zero-order valence-corrected chi connectivity index (χ0v) is 38.4. The Morgan fingerprint density at radius 3 is 1.34 bits per heavy atom. The summed E-state index contributed by atoms with van der Waals surface area (Å²) in [6, 6.07) is -2.77. The van der Waals surface area contributed by atoms with Crippen LogP contribution in [0.3, 0.4) is 0 Å². The number of rotatable bonds is 17. The fourth-order valence-electron chi connectivity index (χ4n) is 8.90. The summed E-state index contributed by atoms with van der Waals surface area (Å²) < 4.78 is 62.6. The normalized spacial score (nSPS) is 49.8. The SMILES string of the molecule is CC(=O)N[C@H]1[C@H](O[C@H]2[C@H](O)[C@@H](NC(C)=O)CO[C@@H]2CO[C@@H]2O[C@@H](C)[C@@H](O)[C@@H](O)[C@@H]2O)O[C@H](CO)[C@@H](O[C@@H]2O[C@H](CO[C@H]3O[C@H](CO[C@H]4O[C@H](CO)[C@@H](O)[C@H](O)[C@@H]4O)[C@@H](O)[C@H](O)[C@@H]3O)[C@@H](O)[C@H](O)[C@@H]2O)[C@@H]1O. The highest BCUT2D eigenvalue weighted by atomic mass is 16.8. The van der Waals surface area contributed by atoms with Gasteiger partial charge in [-0.25, -0.2) is 0 Å². The van der Waals surface area contributed by atoms with E-state index in [2.05, 4.69) is 10.6 Å². The number of carbonyl (C=O) groups excluding carboxylic acids is 2. The van der Waals surface area contributed by atoms with E-state index < -0.39 is 223 Å². The van der Waals surface area contributed by atoms with Crippen LogP contribution in [-0.4, -0.2) is 311 Å².